The van der Waals surface area contributed by atoms with Crippen LogP contribution in [0.15, 0.2) is 18.2 Å². The molecule has 0 spiro atoms. The summed E-state index contributed by atoms with van der Waals surface area (Å²) in [6.45, 7) is 3.33. The van der Waals surface area contributed by atoms with Gasteiger partial charge in [-0.1, -0.05) is 0 Å². The number of fused-ring (bicyclic) bond motifs is 3. The maximum absolute atomic E-state index is 5.29. The molecule has 2 aliphatic rings. The summed E-state index contributed by atoms with van der Waals surface area (Å²) < 4.78 is 6.51. The average molecular weight is 340 g/mol. The van der Waals surface area contributed by atoms with E-state index in [1.54, 1.807) is 18.4 Å². The number of nitrogens with zero attached hydrogens (tertiary/aromatic N) is 2. The molecule has 0 aliphatic carbocycles. The van der Waals surface area contributed by atoms with Gasteiger partial charge in [0.05, 0.1) is 23.9 Å². The molecule has 2 saturated heterocycles. The van der Waals surface area contributed by atoms with Crippen LogP contribution >= 0.6 is 23.7 Å². The number of hydrogen-bond acceptors (Lipinski definition) is 5. The molecule has 120 valence electrons. The second-order valence-corrected chi connectivity index (χ2v) is 7.22. The summed E-state index contributed by atoms with van der Waals surface area (Å²) in [6.07, 6.45) is 3.97. The van der Waals surface area contributed by atoms with Gasteiger partial charge in [0.25, 0.3) is 0 Å². The fourth-order valence-corrected chi connectivity index (χ4v) is 4.54. The zero-order valence-corrected chi connectivity index (χ0v) is 14.4. The average Bonchev–Trinajstić information content (AvgIpc) is 3.03. The number of ether oxygens (including phenoxy) is 1. The second-order valence-electron chi connectivity index (χ2n) is 6.10. The number of methoxy groups -OCH3 is 1. The zero-order chi connectivity index (χ0) is 14.2. The van der Waals surface area contributed by atoms with E-state index in [1.807, 2.05) is 6.07 Å². The molecule has 0 saturated carbocycles. The van der Waals surface area contributed by atoms with Crippen molar-refractivity contribution < 1.29 is 4.74 Å². The Morgan fingerprint density at radius 1 is 1.32 bits per heavy atom. The lowest BCUT2D eigenvalue weighted by atomic mass is 10.1. The van der Waals surface area contributed by atoms with Crippen molar-refractivity contribution in [2.75, 3.05) is 20.2 Å². The van der Waals surface area contributed by atoms with Crippen molar-refractivity contribution in [3.8, 4) is 5.75 Å². The van der Waals surface area contributed by atoms with E-state index in [9.17, 15) is 0 Å². The van der Waals surface area contributed by atoms with Crippen LogP contribution in [0.3, 0.4) is 0 Å². The lowest BCUT2D eigenvalue weighted by Crippen LogP contribution is -2.34. The molecule has 6 heteroatoms. The molecule has 0 radical (unpaired) electrons. The third kappa shape index (κ3) is 3.23. The standard InChI is InChI=1S/C16H21N3OS.ClH/c1-20-13-4-5-14-15(8-13)21-16(18-14)10-19-7-6-11-2-3-12(9-19)17-11;/h4-5,8,11-12,17H,2-3,6-7,9-10H2,1H3;1H. The van der Waals surface area contributed by atoms with Crippen LogP contribution in [0.5, 0.6) is 5.75 Å². The summed E-state index contributed by atoms with van der Waals surface area (Å²) in [7, 11) is 1.71. The first-order valence-electron chi connectivity index (χ1n) is 7.72. The number of nitrogens with one attached hydrogen (secondary N) is 1. The molecule has 2 unspecified atom stereocenters. The van der Waals surface area contributed by atoms with Gasteiger partial charge in [0.15, 0.2) is 0 Å². The predicted molar refractivity (Wildman–Crippen MR) is 93.3 cm³/mol. The largest absolute Gasteiger partial charge is 0.497 e. The fourth-order valence-electron chi connectivity index (χ4n) is 3.50. The molecule has 2 aromatic rings. The minimum Gasteiger partial charge on any atom is -0.497 e. The van der Waals surface area contributed by atoms with Gasteiger partial charge in [-0.3, -0.25) is 4.90 Å². The Morgan fingerprint density at radius 2 is 2.18 bits per heavy atom. The van der Waals surface area contributed by atoms with Crippen LogP contribution in [-0.2, 0) is 6.54 Å². The molecule has 22 heavy (non-hydrogen) atoms. The van der Waals surface area contributed by atoms with Crippen molar-refractivity contribution in [1.29, 1.82) is 0 Å². The van der Waals surface area contributed by atoms with E-state index < -0.39 is 0 Å². The normalized spacial score (nSPS) is 25.0. The SMILES string of the molecule is COc1ccc2nc(CN3CCC4CCC(C3)N4)sc2c1.Cl. The third-order valence-electron chi connectivity index (χ3n) is 4.61. The highest BCUT2D eigenvalue weighted by Crippen LogP contribution is 2.28. The Hall–Kier alpha value is -0.880. The Morgan fingerprint density at radius 3 is 3.05 bits per heavy atom. The molecule has 0 amide bonds. The van der Waals surface area contributed by atoms with Crippen LogP contribution in [-0.4, -0.2) is 42.2 Å². The van der Waals surface area contributed by atoms with Crippen molar-refractivity contribution >= 4 is 34.0 Å². The van der Waals surface area contributed by atoms with Gasteiger partial charge in [-0.15, -0.1) is 23.7 Å². The molecule has 4 rings (SSSR count). The van der Waals surface area contributed by atoms with Crippen molar-refractivity contribution in [1.82, 2.24) is 15.2 Å². The Labute approximate surface area is 141 Å². The first-order chi connectivity index (χ1) is 10.3. The molecule has 4 nitrogen and oxygen atoms in total. The highest BCUT2D eigenvalue weighted by molar-refractivity contribution is 7.18. The van der Waals surface area contributed by atoms with Crippen LogP contribution in [0.1, 0.15) is 24.3 Å². The van der Waals surface area contributed by atoms with E-state index >= 15 is 0 Å². The summed E-state index contributed by atoms with van der Waals surface area (Å²) in [5, 5.41) is 4.95. The van der Waals surface area contributed by atoms with Gasteiger partial charge < -0.3 is 10.1 Å². The number of benzene rings is 1. The van der Waals surface area contributed by atoms with Gasteiger partial charge in [0.2, 0.25) is 0 Å². The Balaban J connectivity index is 0.00000144. The number of rotatable bonds is 3. The van der Waals surface area contributed by atoms with Gasteiger partial charge in [0, 0.05) is 25.2 Å². The fraction of sp³-hybridized carbons (Fsp3) is 0.562. The summed E-state index contributed by atoms with van der Waals surface area (Å²) in [5.41, 5.74) is 1.09. The van der Waals surface area contributed by atoms with E-state index in [0.29, 0.717) is 6.04 Å². The topological polar surface area (TPSA) is 37.4 Å². The number of aromatic nitrogens is 1. The summed E-state index contributed by atoms with van der Waals surface area (Å²) in [4.78, 5) is 7.34. The Kier molecular flexibility index (Phi) is 4.88. The predicted octanol–water partition coefficient (Wildman–Crippen LogP) is 3.05. The van der Waals surface area contributed by atoms with Crippen LogP contribution in [0.4, 0.5) is 0 Å². The van der Waals surface area contributed by atoms with Gasteiger partial charge in [0.1, 0.15) is 10.8 Å². The lowest BCUT2D eigenvalue weighted by Gasteiger charge is -2.22. The molecule has 3 heterocycles. The number of thiazole rings is 1. The third-order valence-corrected chi connectivity index (χ3v) is 5.61. The Bertz CT molecular complexity index is 647. The van der Waals surface area contributed by atoms with Crippen molar-refractivity contribution in [2.24, 2.45) is 0 Å². The minimum atomic E-state index is 0. The first kappa shape index (κ1) is 16.0. The smallest absolute Gasteiger partial charge is 0.120 e. The first-order valence-corrected chi connectivity index (χ1v) is 8.53. The number of halogens is 1. The lowest BCUT2D eigenvalue weighted by molar-refractivity contribution is 0.251. The summed E-state index contributed by atoms with van der Waals surface area (Å²) in [5.74, 6) is 0.911. The number of hydrogen-bond donors (Lipinski definition) is 1. The molecular weight excluding hydrogens is 318 g/mol. The molecular formula is C16H22ClN3OS. The molecule has 1 N–H and O–H groups in total. The van der Waals surface area contributed by atoms with Crippen molar-refractivity contribution in [3.05, 3.63) is 23.2 Å². The molecule has 1 aromatic heterocycles. The van der Waals surface area contributed by atoms with Crippen molar-refractivity contribution in [3.63, 3.8) is 0 Å². The highest BCUT2D eigenvalue weighted by atomic mass is 35.5. The zero-order valence-electron chi connectivity index (χ0n) is 12.7. The minimum absolute atomic E-state index is 0. The van der Waals surface area contributed by atoms with Crippen LogP contribution in [0.25, 0.3) is 10.2 Å². The highest BCUT2D eigenvalue weighted by Gasteiger charge is 2.29. The number of likely N-dealkylation sites (tertiary alicyclic amines) is 1. The molecule has 2 fully saturated rings. The van der Waals surface area contributed by atoms with Gasteiger partial charge >= 0.3 is 0 Å². The second kappa shape index (κ2) is 6.71. The van der Waals surface area contributed by atoms with Crippen molar-refractivity contribution in [2.45, 2.75) is 37.9 Å². The van der Waals surface area contributed by atoms with E-state index in [2.05, 4.69) is 22.3 Å². The van der Waals surface area contributed by atoms with E-state index in [0.717, 1.165) is 30.4 Å². The van der Waals surface area contributed by atoms with Crippen LogP contribution in [0, 0.1) is 0 Å². The van der Waals surface area contributed by atoms with Gasteiger partial charge in [-0.2, -0.15) is 0 Å². The monoisotopic (exact) mass is 339 g/mol. The molecule has 2 atom stereocenters. The van der Waals surface area contributed by atoms with E-state index in [-0.39, 0.29) is 12.4 Å². The van der Waals surface area contributed by atoms with Crippen LogP contribution in [0.2, 0.25) is 0 Å². The van der Waals surface area contributed by atoms with Gasteiger partial charge in [-0.05, 0) is 37.5 Å². The molecule has 1 aromatic carbocycles. The summed E-state index contributed by atoms with van der Waals surface area (Å²) >= 11 is 1.79. The summed E-state index contributed by atoms with van der Waals surface area (Å²) in [6, 6.07) is 7.56. The van der Waals surface area contributed by atoms with E-state index in [4.69, 9.17) is 9.72 Å². The maximum atomic E-state index is 5.29. The van der Waals surface area contributed by atoms with Gasteiger partial charge in [-0.25, -0.2) is 4.98 Å². The van der Waals surface area contributed by atoms with Crippen LogP contribution < -0.4 is 10.1 Å². The maximum Gasteiger partial charge on any atom is 0.120 e. The molecule has 2 bridgehead atoms. The quantitative estimate of drug-likeness (QED) is 0.932. The molecule has 2 aliphatic heterocycles. The van der Waals surface area contributed by atoms with E-state index in [1.165, 1.54) is 35.5 Å².